The van der Waals surface area contributed by atoms with Crippen LogP contribution in [0.4, 0.5) is 10.6 Å². The summed E-state index contributed by atoms with van der Waals surface area (Å²) in [5.74, 6) is 0.723. The number of nitrogens with zero attached hydrogens (tertiary/aromatic N) is 5. The Morgan fingerprint density at radius 2 is 2.12 bits per heavy atom. The molecule has 4 aromatic rings. The summed E-state index contributed by atoms with van der Waals surface area (Å²) in [6.07, 6.45) is 1.57. The number of amides is 1. The summed E-state index contributed by atoms with van der Waals surface area (Å²) in [6.45, 7) is 2.06. The van der Waals surface area contributed by atoms with Crippen molar-refractivity contribution >= 4 is 34.0 Å². The maximum absolute atomic E-state index is 11.6. The van der Waals surface area contributed by atoms with E-state index in [1.165, 1.54) is 4.90 Å². The van der Waals surface area contributed by atoms with Gasteiger partial charge in [-0.1, -0.05) is 24.3 Å². The van der Waals surface area contributed by atoms with E-state index >= 15 is 0 Å². The Morgan fingerprint density at radius 1 is 1.29 bits per heavy atom. The second-order valence-electron chi connectivity index (χ2n) is 8.71. The number of aromatic amines is 1. The van der Waals surface area contributed by atoms with Crippen LogP contribution in [0.15, 0.2) is 36.7 Å². The smallest absolute Gasteiger partial charge is 0.407 e. The van der Waals surface area contributed by atoms with Gasteiger partial charge in [0.15, 0.2) is 5.82 Å². The third-order valence-corrected chi connectivity index (χ3v) is 6.70. The van der Waals surface area contributed by atoms with Crippen molar-refractivity contribution in [3.8, 4) is 11.3 Å². The van der Waals surface area contributed by atoms with Gasteiger partial charge in [-0.15, -0.1) is 0 Å². The van der Waals surface area contributed by atoms with Gasteiger partial charge in [0.25, 0.3) is 0 Å². The van der Waals surface area contributed by atoms with E-state index in [1.807, 2.05) is 30.8 Å². The number of aromatic nitrogens is 4. The molecule has 0 radical (unpaired) electrons. The first kappa shape index (κ1) is 22.2. The maximum atomic E-state index is 11.6. The van der Waals surface area contributed by atoms with Gasteiger partial charge in [-0.05, 0) is 18.1 Å². The molecule has 1 unspecified atom stereocenters. The van der Waals surface area contributed by atoms with Crippen molar-refractivity contribution in [2.75, 3.05) is 45.2 Å². The highest BCUT2D eigenvalue weighted by atomic mass is 16.4. The van der Waals surface area contributed by atoms with Gasteiger partial charge in [-0.3, -0.25) is 4.90 Å². The van der Waals surface area contributed by atoms with E-state index in [0.29, 0.717) is 32.6 Å². The summed E-state index contributed by atoms with van der Waals surface area (Å²) < 4.78 is 2.00. The molecule has 1 saturated heterocycles. The van der Waals surface area contributed by atoms with E-state index in [2.05, 4.69) is 38.4 Å². The topological polar surface area (TPSA) is 123 Å². The molecule has 1 aliphatic heterocycles. The van der Waals surface area contributed by atoms with Crippen LogP contribution in [-0.4, -0.2) is 91.5 Å². The number of hydrogen-bond donors (Lipinski definition) is 4. The molecular weight excluding hydrogens is 434 g/mol. The van der Waals surface area contributed by atoms with Gasteiger partial charge in [0.2, 0.25) is 0 Å². The van der Waals surface area contributed by atoms with Gasteiger partial charge in [0.05, 0.1) is 18.5 Å². The number of fused-ring (bicyclic) bond motifs is 3. The van der Waals surface area contributed by atoms with E-state index in [-0.39, 0.29) is 12.6 Å². The second-order valence-corrected chi connectivity index (χ2v) is 8.71. The molecule has 34 heavy (non-hydrogen) atoms. The number of H-pyrrole nitrogens is 1. The number of β-amino-alcohol motifs (C(OH)–C–C–N with tert-alkyl or cyclic N) is 1. The van der Waals surface area contributed by atoms with Crippen molar-refractivity contribution in [3.63, 3.8) is 0 Å². The number of rotatable bonds is 6. The average molecular weight is 464 g/mol. The lowest BCUT2D eigenvalue weighted by Gasteiger charge is -2.40. The number of nitrogens with one attached hydrogen (secondary N) is 2. The highest BCUT2D eigenvalue weighted by Gasteiger charge is 2.30. The van der Waals surface area contributed by atoms with Crippen LogP contribution in [0.25, 0.3) is 33.3 Å². The number of pyridine rings is 1. The normalized spacial score (nSPS) is 17.0. The number of aliphatic hydroxyl groups is 1. The Balaban J connectivity index is 1.54. The molecule has 1 atom stereocenters. The van der Waals surface area contributed by atoms with Crippen molar-refractivity contribution in [2.24, 2.45) is 7.05 Å². The minimum Gasteiger partial charge on any atom is -0.465 e. The van der Waals surface area contributed by atoms with Crippen molar-refractivity contribution in [1.82, 2.24) is 29.3 Å². The second kappa shape index (κ2) is 8.96. The third-order valence-electron chi connectivity index (χ3n) is 6.70. The lowest BCUT2D eigenvalue weighted by Crippen LogP contribution is -2.55. The van der Waals surface area contributed by atoms with Gasteiger partial charge < -0.3 is 30.0 Å². The monoisotopic (exact) mass is 463 g/mol. The molecule has 3 aromatic heterocycles. The number of aryl methyl sites for hydroxylation is 1. The van der Waals surface area contributed by atoms with Gasteiger partial charge in [-0.25, -0.2) is 14.8 Å². The fourth-order valence-corrected chi connectivity index (χ4v) is 5.02. The molecule has 0 spiro atoms. The van der Waals surface area contributed by atoms with Crippen LogP contribution in [-0.2, 0) is 13.5 Å². The number of aliphatic hydroxyl groups excluding tert-OH is 1. The molecule has 1 aliphatic rings. The first-order chi connectivity index (χ1) is 16.5. The summed E-state index contributed by atoms with van der Waals surface area (Å²) in [4.78, 5) is 28.0. The first-order valence-electron chi connectivity index (χ1n) is 11.4. The zero-order chi connectivity index (χ0) is 23.8. The Kier molecular flexibility index (Phi) is 5.84. The molecule has 1 fully saturated rings. The van der Waals surface area contributed by atoms with Crippen molar-refractivity contribution in [3.05, 3.63) is 42.2 Å². The van der Waals surface area contributed by atoms with Gasteiger partial charge in [0, 0.05) is 63.0 Å². The molecule has 4 heterocycles. The molecule has 10 nitrogen and oxygen atoms in total. The van der Waals surface area contributed by atoms with Crippen molar-refractivity contribution in [2.45, 2.75) is 12.5 Å². The summed E-state index contributed by atoms with van der Waals surface area (Å²) >= 11 is 0. The van der Waals surface area contributed by atoms with Crippen LogP contribution < -0.4 is 5.32 Å². The molecule has 178 valence electrons. The zero-order valence-corrected chi connectivity index (χ0v) is 19.3. The number of carboxylic acid groups (broad SMARTS) is 1. The zero-order valence-electron chi connectivity index (χ0n) is 19.3. The standard InChI is InChI=1S/C24H29N7O3/c1-25-23-20-21(29(2)14-26-20)18-12-19(27-22(18)28-23)17-6-4-3-5-15(17)11-16-13-31(24(33)34)8-7-30(16)9-10-32/h3-6,12,14,16,32H,7-11,13H2,1-2H3,(H,33,34)(H2,25,27,28). The highest BCUT2D eigenvalue weighted by molar-refractivity contribution is 6.07. The van der Waals surface area contributed by atoms with Crippen molar-refractivity contribution in [1.29, 1.82) is 0 Å². The number of imidazole rings is 1. The average Bonchev–Trinajstić information content (AvgIpc) is 3.43. The van der Waals surface area contributed by atoms with E-state index in [0.717, 1.165) is 44.7 Å². The summed E-state index contributed by atoms with van der Waals surface area (Å²) in [5.41, 5.74) is 5.73. The van der Waals surface area contributed by atoms with Crippen LogP contribution in [0.2, 0.25) is 0 Å². The van der Waals surface area contributed by atoms with E-state index in [4.69, 9.17) is 4.98 Å². The molecule has 10 heteroatoms. The summed E-state index contributed by atoms with van der Waals surface area (Å²) in [5, 5.41) is 23.2. The molecule has 0 bridgehead atoms. The summed E-state index contributed by atoms with van der Waals surface area (Å²) in [6, 6.07) is 10.3. The predicted octanol–water partition coefficient (Wildman–Crippen LogP) is 2.36. The van der Waals surface area contributed by atoms with Crippen LogP contribution in [0.5, 0.6) is 0 Å². The third kappa shape index (κ3) is 3.84. The fourth-order valence-electron chi connectivity index (χ4n) is 5.02. The lowest BCUT2D eigenvalue weighted by atomic mass is 9.96. The minimum atomic E-state index is -0.899. The number of anilines is 1. The van der Waals surface area contributed by atoms with Gasteiger partial charge in [-0.2, -0.15) is 0 Å². The molecule has 5 rings (SSSR count). The Bertz CT molecular complexity index is 1350. The van der Waals surface area contributed by atoms with Crippen molar-refractivity contribution < 1.29 is 15.0 Å². The Labute approximate surface area is 196 Å². The number of carbonyl (C=O) groups is 1. The first-order valence-corrected chi connectivity index (χ1v) is 11.4. The Hall–Kier alpha value is -3.63. The number of piperazine rings is 1. The van der Waals surface area contributed by atoms with Crippen LogP contribution in [0, 0.1) is 0 Å². The molecule has 1 amide bonds. The largest absolute Gasteiger partial charge is 0.465 e. The maximum Gasteiger partial charge on any atom is 0.407 e. The van der Waals surface area contributed by atoms with E-state index in [1.54, 1.807) is 6.33 Å². The van der Waals surface area contributed by atoms with Crippen LogP contribution in [0.1, 0.15) is 5.56 Å². The highest BCUT2D eigenvalue weighted by Crippen LogP contribution is 2.33. The molecule has 0 aliphatic carbocycles. The molecule has 1 aromatic carbocycles. The number of benzene rings is 1. The van der Waals surface area contributed by atoms with E-state index in [9.17, 15) is 15.0 Å². The number of hydrogen-bond acceptors (Lipinski definition) is 6. The quantitative estimate of drug-likeness (QED) is 0.346. The van der Waals surface area contributed by atoms with Crippen LogP contribution >= 0.6 is 0 Å². The van der Waals surface area contributed by atoms with Gasteiger partial charge >= 0.3 is 6.09 Å². The Morgan fingerprint density at radius 3 is 2.88 bits per heavy atom. The minimum absolute atomic E-state index is 0.0136. The van der Waals surface area contributed by atoms with Crippen LogP contribution in [0.3, 0.4) is 0 Å². The lowest BCUT2D eigenvalue weighted by molar-refractivity contribution is 0.0581. The predicted molar refractivity (Wildman–Crippen MR) is 131 cm³/mol. The fraction of sp³-hybridized carbons (Fsp3) is 0.375. The molecule has 0 saturated carbocycles. The molecule has 4 N–H and O–H groups in total. The summed E-state index contributed by atoms with van der Waals surface area (Å²) in [7, 11) is 3.81. The SMILES string of the molecule is CNc1nc2[nH]c(-c3ccccc3CC3CN(C(=O)O)CCN3CCO)cc2c2c1ncn2C. The molecular formula is C24H29N7O3. The van der Waals surface area contributed by atoms with Gasteiger partial charge in [0.1, 0.15) is 11.2 Å². The van der Waals surface area contributed by atoms with E-state index < -0.39 is 6.09 Å².